The number of benzene rings is 1. The number of rotatable bonds is 5. The van der Waals surface area contributed by atoms with E-state index in [4.69, 9.17) is 5.73 Å². The molecule has 3 atom stereocenters. The Bertz CT molecular complexity index is 904. The average molecular weight is 431 g/mol. The van der Waals surface area contributed by atoms with E-state index in [-0.39, 0.29) is 18.9 Å². The maximum atomic E-state index is 13.2. The number of aliphatic hydroxyl groups is 1. The van der Waals surface area contributed by atoms with Crippen LogP contribution in [0.15, 0.2) is 29.8 Å². The summed E-state index contributed by atoms with van der Waals surface area (Å²) in [4.78, 5) is 32.9. The van der Waals surface area contributed by atoms with Gasteiger partial charge in [-0.3, -0.25) is 14.5 Å². The first kappa shape index (κ1) is 22.6. The van der Waals surface area contributed by atoms with Gasteiger partial charge in [-0.05, 0) is 29.9 Å². The second-order valence-corrected chi connectivity index (χ2v) is 9.78. The van der Waals surface area contributed by atoms with Crippen molar-refractivity contribution in [3.05, 3.63) is 41.0 Å². The van der Waals surface area contributed by atoms with Gasteiger partial charge in [0.1, 0.15) is 0 Å². The minimum absolute atomic E-state index is 0.137. The molecule has 1 aliphatic heterocycles. The van der Waals surface area contributed by atoms with Crippen molar-refractivity contribution >= 4 is 23.2 Å². The van der Waals surface area contributed by atoms with E-state index < -0.39 is 29.5 Å². The SMILES string of the molecule is Cc1ncsc1-c1ccc(CN(C(=O)[C@@H]2C[C@@H](O)CN2)C(=O)[C@@H](N)C(C)(C)C)cc1. The van der Waals surface area contributed by atoms with E-state index >= 15 is 0 Å². The predicted octanol–water partition coefficient (Wildman–Crippen LogP) is 2.07. The average Bonchev–Trinajstić information content (AvgIpc) is 3.32. The topological polar surface area (TPSA) is 109 Å². The fourth-order valence-corrected chi connectivity index (χ4v) is 4.23. The summed E-state index contributed by atoms with van der Waals surface area (Å²) in [5.41, 5.74) is 10.4. The molecule has 1 aromatic carbocycles. The molecule has 1 aliphatic rings. The van der Waals surface area contributed by atoms with Gasteiger partial charge in [0.2, 0.25) is 11.8 Å². The molecule has 0 saturated carbocycles. The molecular formula is C22H30N4O3S. The van der Waals surface area contributed by atoms with E-state index in [2.05, 4.69) is 10.3 Å². The largest absolute Gasteiger partial charge is 0.392 e. The molecule has 7 nitrogen and oxygen atoms in total. The van der Waals surface area contributed by atoms with Crippen LogP contribution in [0.3, 0.4) is 0 Å². The normalized spacial score (nSPS) is 20.2. The van der Waals surface area contributed by atoms with Crippen molar-refractivity contribution in [1.29, 1.82) is 0 Å². The lowest BCUT2D eigenvalue weighted by Gasteiger charge is -2.32. The molecule has 3 rings (SSSR count). The number of thiazole rings is 1. The predicted molar refractivity (Wildman–Crippen MR) is 118 cm³/mol. The van der Waals surface area contributed by atoms with E-state index in [1.54, 1.807) is 11.3 Å². The Balaban J connectivity index is 1.84. The highest BCUT2D eigenvalue weighted by atomic mass is 32.1. The van der Waals surface area contributed by atoms with Gasteiger partial charge < -0.3 is 16.2 Å². The van der Waals surface area contributed by atoms with Crippen LogP contribution in [0.1, 0.15) is 38.4 Å². The second-order valence-electron chi connectivity index (χ2n) is 8.92. The summed E-state index contributed by atoms with van der Waals surface area (Å²) in [6, 6.07) is 6.39. The number of nitrogens with zero attached hydrogens (tertiary/aromatic N) is 2. The molecule has 4 N–H and O–H groups in total. The van der Waals surface area contributed by atoms with Crippen LogP contribution in [0.2, 0.25) is 0 Å². The first-order valence-electron chi connectivity index (χ1n) is 10.1. The van der Waals surface area contributed by atoms with Gasteiger partial charge in [0.25, 0.3) is 0 Å². The van der Waals surface area contributed by atoms with Gasteiger partial charge >= 0.3 is 0 Å². The Morgan fingerprint density at radius 2 is 2.00 bits per heavy atom. The number of hydrogen-bond acceptors (Lipinski definition) is 7. The van der Waals surface area contributed by atoms with Gasteiger partial charge in [0.15, 0.2) is 0 Å². The Morgan fingerprint density at radius 1 is 1.33 bits per heavy atom. The lowest BCUT2D eigenvalue weighted by molar-refractivity contribution is -0.149. The quantitative estimate of drug-likeness (QED) is 0.670. The number of aliphatic hydroxyl groups excluding tert-OH is 1. The molecule has 0 aliphatic carbocycles. The summed E-state index contributed by atoms with van der Waals surface area (Å²) >= 11 is 1.58. The zero-order chi connectivity index (χ0) is 22.1. The maximum absolute atomic E-state index is 13.2. The van der Waals surface area contributed by atoms with Crippen molar-refractivity contribution < 1.29 is 14.7 Å². The fourth-order valence-electron chi connectivity index (χ4n) is 3.42. The molecule has 0 radical (unpaired) electrons. The monoisotopic (exact) mass is 430 g/mol. The minimum Gasteiger partial charge on any atom is -0.392 e. The molecule has 0 unspecified atom stereocenters. The van der Waals surface area contributed by atoms with Gasteiger partial charge in [-0.15, -0.1) is 11.3 Å². The molecule has 8 heteroatoms. The lowest BCUT2D eigenvalue weighted by atomic mass is 9.86. The minimum atomic E-state index is -0.813. The summed E-state index contributed by atoms with van der Waals surface area (Å²) < 4.78 is 0. The highest BCUT2D eigenvalue weighted by Crippen LogP contribution is 2.28. The molecule has 0 bridgehead atoms. The number of nitrogens with two attached hydrogens (primary N) is 1. The third-order valence-electron chi connectivity index (χ3n) is 5.44. The maximum Gasteiger partial charge on any atom is 0.246 e. The molecule has 2 amide bonds. The molecule has 2 aromatic rings. The van der Waals surface area contributed by atoms with Gasteiger partial charge in [-0.2, -0.15) is 0 Å². The summed E-state index contributed by atoms with van der Waals surface area (Å²) in [6.45, 7) is 8.08. The van der Waals surface area contributed by atoms with Crippen molar-refractivity contribution in [2.75, 3.05) is 6.54 Å². The summed E-state index contributed by atoms with van der Waals surface area (Å²) in [5.74, 6) is -0.753. The number of hydrogen-bond donors (Lipinski definition) is 3. The van der Waals surface area contributed by atoms with Crippen LogP contribution in [-0.2, 0) is 16.1 Å². The molecule has 30 heavy (non-hydrogen) atoms. The number of aromatic nitrogens is 1. The number of imide groups is 1. The van der Waals surface area contributed by atoms with E-state index in [0.717, 1.165) is 21.7 Å². The summed E-state index contributed by atoms with van der Waals surface area (Å²) in [6.07, 6.45) is -0.300. The van der Waals surface area contributed by atoms with Crippen molar-refractivity contribution in [2.24, 2.45) is 11.1 Å². The zero-order valence-electron chi connectivity index (χ0n) is 17.9. The van der Waals surface area contributed by atoms with Crippen LogP contribution in [0.4, 0.5) is 0 Å². The van der Waals surface area contributed by atoms with E-state index in [9.17, 15) is 14.7 Å². The van der Waals surface area contributed by atoms with Crippen molar-refractivity contribution in [3.63, 3.8) is 0 Å². The molecule has 1 aromatic heterocycles. The van der Waals surface area contributed by atoms with Crippen LogP contribution in [0.5, 0.6) is 0 Å². The van der Waals surface area contributed by atoms with Crippen molar-refractivity contribution in [2.45, 2.75) is 58.8 Å². The Hall–Kier alpha value is -2.13. The van der Waals surface area contributed by atoms with Crippen LogP contribution in [0.25, 0.3) is 10.4 Å². The van der Waals surface area contributed by atoms with Crippen LogP contribution < -0.4 is 11.1 Å². The third kappa shape index (κ3) is 4.95. The van der Waals surface area contributed by atoms with Gasteiger partial charge in [-0.25, -0.2) is 4.98 Å². The first-order valence-corrected chi connectivity index (χ1v) is 11.0. The summed E-state index contributed by atoms with van der Waals surface area (Å²) in [5, 5.41) is 12.8. The van der Waals surface area contributed by atoms with Gasteiger partial charge in [0, 0.05) is 6.54 Å². The van der Waals surface area contributed by atoms with Crippen LogP contribution in [-0.4, -0.2) is 51.5 Å². The lowest BCUT2D eigenvalue weighted by Crippen LogP contribution is -2.55. The summed E-state index contributed by atoms with van der Waals surface area (Å²) in [7, 11) is 0. The Kier molecular flexibility index (Phi) is 6.71. The smallest absolute Gasteiger partial charge is 0.246 e. The van der Waals surface area contributed by atoms with Crippen LogP contribution >= 0.6 is 11.3 Å². The molecule has 0 spiro atoms. The van der Waals surface area contributed by atoms with Gasteiger partial charge in [-0.1, -0.05) is 45.0 Å². The second kappa shape index (κ2) is 8.93. The van der Waals surface area contributed by atoms with Crippen LogP contribution in [0, 0.1) is 12.3 Å². The number of amides is 2. The number of aryl methyl sites for hydroxylation is 1. The standard InChI is InChI=1S/C22H30N4O3S/c1-13-18(30-12-25-13)15-7-5-14(6-8-15)11-26(21(29)19(23)22(2,3)4)20(28)17-9-16(27)10-24-17/h5-8,12,16-17,19,24,27H,9-11,23H2,1-4H3/t16-,17+,19-/m1/s1. The van der Waals surface area contributed by atoms with E-state index in [1.807, 2.05) is 57.5 Å². The zero-order valence-corrected chi connectivity index (χ0v) is 18.7. The highest BCUT2D eigenvalue weighted by molar-refractivity contribution is 7.13. The number of carbonyl (C=O) groups is 2. The first-order chi connectivity index (χ1) is 14.1. The van der Waals surface area contributed by atoms with Gasteiger partial charge in [0.05, 0.1) is 40.8 Å². The molecular weight excluding hydrogens is 400 g/mol. The Morgan fingerprint density at radius 3 is 2.50 bits per heavy atom. The number of nitrogens with one attached hydrogen (secondary N) is 1. The highest BCUT2D eigenvalue weighted by Gasteiger charge is 2.38. The molecule has 1 saturated heterocycles. The molecule has 1 fully saturated rings. The fraction of sp³-hybridized carbons (Fsp3) is 0.500. The molecule has 2 heterocycles. The Labute approximate surface area is 181 Å². The third-order valence-corrected chi connectivity index (χ3v) is 6.42. The van der Waals surface area contributed by atoms with E-state index in [0.29, 0.717) is 6.54 Å². The van der Waals surface area contributed by atoms with Crippen molar-refractivity contribution in [1.82, 2.24) is 15.2 Å². The number of β-amino-alcohol motifs (C(OH)–C–C–N with tert-alkyl or cyclic N) is 1. The number of carbonyl (C=O) groups excluding carboxylic acids is 2. The van der Waals surface area contributed by atoms with E-state index in [1.165, 1.54) is 4.90 Å². The molecule has 162 valence electrons. The van der Waals surface area contributed by atoms with Crippen molar-refractivity contribution in [3.8, 4) is 10.4 Å².